The highest BCUT2D eigenvalue weighted by molar-refractivity contribution is 7.99. The summed E-state index contributed by atoms with van der Waals surface area (Å²) in [6.07, 6.45) is 6.32. The summed E-state index contributed by atoms with van der Waals surface area (Å²) in [5.41, 5.74) is 1.92. The second kappa shape index (κ2) is 10.0. The number of rotatable bonds is 5. The number of carbonyl (C=O) groups is 2. The van der Waals surface area contributed by atoms with E-state index in [0.717, 1.165) is 82.8 Å². The summed E-state index contributed by atoms with van der Waals surface area (Å²) in [5, 5.41) is 0. The number of likely N-dealkylation sites (tertiary alicyclic amines) is 1. The summed E-state index contributed by atoms with van der Waals surface area (Å²) in [6, 6.07) is 17.0. The van der Waals surface area contributed by atoms with Crippen LogP contribution in [0.5, 0.6) is 0 Å². The summed E-state index contributed by atoms with van der Waals surface area (Å²) < 4.78 is 0. The van der Waals surface area contributed by atoms with Crippen molar-refractivity contribution in [2.45, 2.75) is 54.7 Å². The molecule has 2 saturated heterocycles. The Morgan fingerprint density at radius 1 is 0.833 bits per heavy atom. The fourth-order valence-corrected chi connectivity index (χ4v) is 7.25. The summed E-state index contributed by atoms with van der Waals surface area (Å²) in [6.45, 7) is 5.50. The van der Waals surface area contributed by atoms with Gasteiger partial charge < -0.3 is 4.90 Å². The molecule has 2 amide bonds. The van der Waals surface area contributed by atoms with E-state index >= 15 is 0 Å². The largest absolute Gasteiger partial charge is 0.354 e. The molecular weight excluding hydrogens is 468 g/mol. The van der Waals surface area contributed by atoms with E-state index in [2.05, 4.69) is 58.3 Å². The Balaban J connectivity index is 1.03. The van der Waals surface area contributed by atoms with Crippen molar-refractivity contribution in [3.8, 4) is 0 Å². The first-order valence-electron chi connectivity index (χ1n) is 13.4. The van der Waals surface area contributed by atoms with Gasteiger partial charge in [-0.05, 0) is 50.4 Å². The van der Waals surface area contributed by atoms with E-state index in [1.54, 1.807) is 16.7 Å². The van der Waals surface area contributed by atoms with Crippen LogP contribution in [0.15, 0.2) is 63.3 Å². The molecule has 3 aliphatic heterocycles. The minimum atomic E-state index is -0.341. The third-order valence-corrected chi connectivity index (χ3v) is 9.41. The van der Waals surface area contributed by atoms with E-state index in [9.17, 15) is 9.59 Å². The van der Waals surface area contributed by atoms with Crippen molar-refractivity contribution in [1.82, 2.24) is 14.7 Å². The first-order chi connectivity index (χ1) is 17.6. The quantitative estimate of drug-likeness (QED) is 0.428. The van der Waals surface area contributed by atoms with Gasteiger partial charge in [0, 0.05) is 54.5 Å². The first-order valence-corrected chi connectivity index (χ1v) is 14.2. The van der Waals surface area contributed by atoms with Crippen LogP contribution in [0.4, 0.5) is 5.69 Å². The molecule has 6 rings (SSSR count). The third-order valence-electron chi connectivity index (χ3n) is 8.27. The highest BCUT2D eigenvalue weighted by Crippen LogP contribution is 2.47. The molecule has 1 saturated carbocycles. The lowest BCUT2D eigenvalue weighted by molar-refractivity contribution is -0.141. The number of amides is 2. The average Bonchev–Trinajstić information content (AvgIpc) is 3.41. The van der Waals surface area contributed by atoms with Gasteiger partial charge in [-0.2, -0.15) is 0 Å². The zero-order valence-corrected chi connectivity index (χ0v) is 21.6. The Morgan fingerprint density at radius 2 is 1.53 bits per heavy atom. The molecule has 0 N–H and O–H groups in total. The highest BCUT2D eigenvalue weighted by atomic mass is 32.2. The van der Waals surface area contributed by atoms with Crippen molar-refractivity contribution in [3.05, 3.63) is 54.1 Å². The van der Waals surface area contributed by atoms with Gasteiger partial charge in [-0.25, -0.2) is 4.99 Å². The van der Waals surface area contributed by atoms with Crippen LogP contribution in [0.25, 0.3) is 0 Å². The van der Waals surface area contributed by atoms with Gasteiger partial charge in [0.2, 0.25) is 11.8 Å². The lowest BCUT2D eigenvalue weighted by Gasteiger charge is -2.36. The van der Waals surface area contributed by atoms with Crippen molar-refractivity contribution in [2.24, 2.45) is 10.4 Å². The molecule has 4 aliphatic rings. The minimum absolute atomic E-state index is 0.0553. The maximum absolute atomic E-state index is 12.9. The van der Waals surface area contributed by atoms with Crippen LogP contribution in [-0.4, -0.2) is 71.6 Å². The predicted octanol–water partition coefficient (Wildman–Crippen LogP) is 4.95. The molecule has 188 valence electrons. The van der Waals surface area contributed by atoms with Gasteiger partial charge in [-0.3, -0.25) is 19.4 Å². The van der Waals surface area contributed by atoms with Gasteiger partial charge >= 0.3 is 0 Å². The third kappa shape index (κ3) is 4.48. The van der Waals surface area contributed by atoms with Crippen molar-refractivity contribution in [3.63, 3.8) is 0 Å². The molecule has 36 heavy (non-hydrogen) atoms. The van der Waals surface area contributed by atoms with Crippen LogP contribution in [0.1, 0.15) is 50.5 Å². The highest BCUT2D eigenvalue weighted by Gasteiger charge is 2.52. The number of carbonyl (C=O) groups excluding carboxylic acids is 2. The normalized spacial score (nSPS) is 21.5. The number of para-hydroxylation sites is 1. The molecule has 0 unspecified atom stereocenters. The van der Waals surface area contributed by atoms with E-state index in [4.69, 9.17) is 4.99 Å². The van der Waals surface area contributed by atoms with Crippen LogP contribution in [0, 0.1) is 5.41 Å². The Kier molecular flexibility index (Phi) is 6.61. The molecule has 0 bridgehead atoms. The molecule has 3 fully saturated rings. The minimum Gasteiger partial charge on any atom is -0.354 e. The Labute approximate surface area is 217 Å². The number of piperazine rings is 1. The lowest BCUT2D eigenvalue weighted by atomic mass is 9.84. The molecule has 0 radical (unpaired) electrons. The van der Waals surface area contributed by atoms with E-state index in [1.807, 2.05) is 0 Å². The monoisotopic (exact) mass is 502 g/mol. The molecule has 2 aromatic carbocycles. The molecule has 0 atom stereocenters. The molecule has 1 aliphatic carbocycles. The number of imide groups is 1. The fraction of sp³-hybridized carbons (Fsp3) is 0.483. The van der Waals surface area contributed by atoms with Crippen molar-refractivity contribution < 1.29 is 9.59 Å². The fourth-order valence-electron chi connectivity index (χ4n) is 6.23. The summed E-state index contributed by atoms with van der Waals surface area (Å²) in [5.74, 6) is 1.25. The number of amidine groups is 1. The first kappa shape index (κ1) is 23.7. The summed E-state index contributed by atoms with van der Waals surface area (Å²) in [4.78, 5) is 39.5. The summed E-state index contributed by atoms with van der Waals surface area (Å²) in [7, 11) is 0. The predicted molar refractivity (Wildman–Crippen MR) is 143 cm³/mol. The molecule has 7 heteroatoms. The maximum atomic E-state index is 12.9. The van der Waals surface area contributed by atoms with E-state index in [-0.39, 0.29) is 17.2 Å². The Bertz CT molecular complexity index is 1180. The second-order valence-electron chi connectivity index (χ2n) is 10.6. The summed E-state index contributed by atoms with van der Waals surface area (Å²) >= 11 is 1.80. The molecule has 3 heterocycles. The van der Waals surface area contributed by atoms with Gasteiger partial charge in [-0.15, -0.1) is 0 Å². The number of hydrogen-bond acceptors (Lipinski definition) is 6. The number of fused-ring (bicyclic) bond motifs is 2. The SMILES string of the molecule is O=C1CC2(CCCC2)C(=O)N1CCCCN1CCN(C2=Nc3ccccc3Sc3ccccc32)CC1. The molecule has 6 nitrogen and oxygen atoms in total. The van der Waals surface area contributed by atoms with Gasteiger partial charge in [0.05, 0.1) is 11.1 Å². The van der Waals surface area contributed by atoms with Crippen molar-refractivity contribution >= 4 is 35.1 Å². The molecule has 1 spiro atoms. The van der Waals surface area contributed by atoms with Gasteiger partial charge in [0.15, 0.2) is 0 Å². The molecular formula is C29H34N4O2S. The van der Waals surface area contributed by atoms with E-state index in [1.165, 1.54) is 15.4 Å². The second-order valence-corrected chi connectivity index (χ2v) is 11.6. The van der Waals surface area contributed by atoms with Crippen molar-refractivity contribution in [1.29, 1.82) is 0 Å². The van der Waals surface area contributed by atoms with Gasteiger partial charge in [0.25, 0.3) is 0 Å². The van der Waals surface area contributed by atoms with Crippen LogP contribution >= 0.6 is 11.8 Å². The average molecular weight is 503 g/mol. The van der Waals surface area contributed by atoms with Gasteiger partial charge in [-0.1, -0.05) is 54.9 Å². The Morgan fingerprint density at radius 3 is 2.33 bits per heavy atom. The Hall–Kier alpha value is -2.64. The van der Waals surface area contributed by atoms with E-state index in [0.29, 0.717) is 13.0 Å². The molecule has 0 aromatic heterocycles. The van der Waals surface area contributed by atoms with Crippen LogP contribution in [0.3, 0.4) is 0 Å². The number of aliphatic imine (C=N–C) groups is 1. The van der Waals surface area contributed by atoms with Crippen LogP contribution in [-0.2, 0) is 9.59 Å². The molecule has 2 aromatic rings. The van der Waals surface area contributed by atoms with Crippen molar-refractivity contribution in [2.75, 3.05) is 39.3 Å². The smallest absolute Gasteiger partial charge is 0.235 e. The topological polar surface area (TPSA) is 56.2 Å². The van der Waals surface area contributed by atoms with Crippen LogP contribution < -0.4 is 0 Å². The zero-order valence-electron chi connectivity index (χ0n) is 20.8. The van der Waals surface area contributed by atoms with Gasteiger partial charge in [0.1, 0.15) is 5.84 Å². The number of hydrogen-bond donors (Lipinski definition) is 0. The van der Waals surface area contributed by atoms with Crippen LogP contribution in [0.2, 0.25) is 0 Å². The number of nitrogens with zero attached hydrogens (tertiary/aromatic N) is 4. The standard InChI is InChI=1S/C29H34N4O2S/c34-26-21-29(13-5-6-14-29)28(35)33(26)16-8-7-15-31-17-19-32(20-18-31)27-22-9-1-3-11-24(22)36-25-12-4-2-10-23(25)30-27/h1-4,9-12H,5-8,13-21H2. The number of unbranched alkanes of at least 4 members (excludes halogenated alkanes) is 1. The maximum Gasteiger partial charge on any atom is 0.235 e. The number of benzene rings is 2. The van der Waals surface area contributed by atoms with E-state index < -0.39 is 0 Å². The zero-order chi connectivity index (χ0) is 24.5. The lowest BCUT2D eigenvalue weighted by Crippen LogP contribution is -2.49.